The van der Waals surface area contributed by atoms with Crippen LogP contribution in [-0.4, -0.2) is 48.0 Å². The molecular weight excluding hydrogens is 649 g/mol. The Hall–Kier alpha value is -3.68. The van der Waals surface area contributed by atoms with Crippen molar-refractivity contribution in [3.63, 3.8) is 0 Å². The molecule has 46 heavy (non-hydrogen) atoms. The fourth-order valence-corrected chi connectivity index (χ4v) is 12.7. The average molecular weight is 686 g/mol. The van der Waals surface area contributed by atoms with Gasteiger partial charge in [0.25, 0.3) is 28.4 Å². The number of hydrogen-bond donors (Lipinski definition) is 0. The van der Waals surface area contributed by atoms with Gasteiger partial charge in [0.1, 0.15) is 11.9 Å². The van der Waals surface area contributed by atoms with Crippen LogP contribution < -0.4 is 10.4 Å². The maximum atomic E-state index is 14.0. The molecule has 1 unspecified atom stereocenters. The molecule has 1 heterocycles. The third kappa shape index (κ3) is 7.47. The Morgan fingerprint density at radius 1 is 0.761 bits per heavy atom. The second-order valence-electron chi connectivity index (χ2n) is 11.7. The van der Waals surface area contributed by atoms with Crippen LogP contribution in [0.5, 0.6) is 0 Å². The molecule has 1 saturated heterocycles. The summed E-state index contributed by atoms with van der Waals surface area (Å²) in [7, 11) is -12.1. The Bertz CT molecular complexity index is 1700. The minimum absolute atomic E-state index is 0.0968. The summed E-state index contributed by atoms with van der Waals surface area (Å²) in [5, 5.41) is 2.33. The van der Waals surface area contributed by atoms with Gasteiger partial charge in [0.2, 0.25) is 0 Å². The lowest BCUT2D eigenvalue weighted by atomic mass is 10.2. The summed E-state index contributed by atoms with van der Waals surface area (Å²) < 4.78 is 86.7. The van der Waals surface area contributed by atoms with E-state index in [9.17, 15) is 25.7 Å². The quantitative estimate of drug-likeness (QED) is 0.155. The highest BCUT2D eigenvalue weighted by atomic mass is 32.3. The van der Waals surface area contributed by atoms with Crippen LogP contribution in [0.4, 0.5) is 8.87 Å². The number of halogens is 2. The van der Waals surface area contributed by atoms with Crippen LogP contribution in [0.25, 0.3) is 0 Å². The molecule has 0 bridgehead atoms. The Labute approximate surface area is 271 Å². The molecule has 0 radical (unpaired) electrons. The first kappa shape index (κ1) is 35.2. The second kappa shape index (κ2) is 14.4. The lowest BCUT2D eigenvalue weighted by Gasteiger charge is -2.43. The SMILES string of the molecule is C=C1O[C@H](CO[Si](c2ccccc2)(c2ccccc2)C(C)(C)C)CC1F.O=S(=O)(c1ccccc1)N(F)S(=O)(=O)c1ccccc1. The van der Waals surface area contributed by atoms with Gasteiger partial charge in [-0.25, -0.2) is 21.2 Å². The topological polar surface area (TPSA) is 90.0 Å². The molecule has 0 N–H and O–H groups in total. The van der Waals surface area contributed by atoms with Crippen molar-refractivity contribution in [2.24, 2.45) is 0 Å². The minimum Gasteiger partial charge on any atom is -0.490 e. The van der Waals surface area contributed by atoms with E-state index in [4.69, 9.17) is 9.16 Å². The summed E-state index contributed by atoms with van der Waals surface area (Å²) in [6.45, 7) is 10.7. The maximum absolute atomic E-state index is 14.0. The van der Waals surface area contributed by atoms with Gasteiger partial charge in [0.05, 0.1) is 20.3 Å². The van der Waals surface area contributed by atoms with Crippen LogP contribution >= 0.6 is 0 Å². The van der Waals surface area contributed by atoms with E-state index in [2.05, 4.69) is 75.9 Å². The summed E-state index contributed by atoms with van der Waals surface area (Å²) in [6.07, 6.45) is -1.06. The number of nitrogens with zero attached hydrogens (tertiary/aromatic N) is 1. The van der Waals surface area contributed by atoms with Crippen molar-refractivity contribution in [3.8, 4) is 0 Å². The Morgan fingerprint density at radius 3 is 1.46 bits per heavy atom. The summed E-state index contributed by atoms with van der Waals surface area (Å²) in [5.41, 5.74) is 0. The van der Waals surface area contributed by atoms with Crippen molar-refractivity contribution in [1.82, 2.24) is 3.93 Å². The highest BCUT2D eigenvalue weighted by Gasteiger charge is 2.51. The van der Waals surface area contributed by atoms with Gasteiger partial charge in [-0.1, -0.05) is 124 Å². The standard InChI is InChI=1S/C22H27FO2Si.C12H10FNO4S2/c1-17-21(23)15-18(25-17)16-24-26(22(2,3)4,19-11-7-5-8-12-19)20-13-9-6-10-14-20;13-14(19(15,16)11-7-3-1-4-8-11)20(17,18)12-9-5-2-6-10-12/h5-14,18,21H,1,15-16H2,2-4H3;1-10H/t18-,21?;/m0./s1. The van der Waals surface area contributed by atoms with E-state index < -0.39 is 48.3 Å². The highest BCUT2D eigenvalue weighted by molar-refractivity contribution is 8.03. The summed E-state index contributed by atoms with van der Waals surface area (Å²) >= 11 is 0. The van der Waals surface area contributed by atoms with Gasteiger partial charge in [0.15, 0.2) is 6.17 Å². The lowest BCUT2D eigenvalue weighted by molar-refractivity contribution is 0.0983. The molecule has 0 aromatic heterocycles. The molecule has 0 amide bonds. The van der Waals surface area contributed by atoms with Crippen LogP contribution in [0.15, 0.2) is 143 Å². The number of benzene rings is 4. The number of allylic oxidation sites excluding steroid dienone is 1. The van der Waals surface area contributed by atoms with Gasteiger partial charge >= 0.3 is 0 Å². The fourth-order valence-electron chi connectivity index (χ4n) is 5.26. The highest BCUT2D eigenvalue weighted by Crippen LogP contribution is 2.37. The number of rotatable bonds is 9. The molecule has 244 valence electrons. The molecule has 4 aromatic carbocycles. The zero-order chi connectivity index (χ0) is 33.6. The second-order valence-corrected chi connectivity index (χ2v) is 19.7. The molecule has 2 atom stereocenters. The van der Waals surface area contributed by atoms with Crippen molar-refractivity contribution >= 4 is 38.7 Å². The van der Waals surface area contributed by atoms with Crippen molar-refractivity contribution in [2.75, 3.05) is 6.61 Å². The third-order valence-corrected chi connectivity index (χ3v) is 16.2. The van der Waals surface area contributed by atoms with Gasteiger partial charge in [-0.3, -0.25) is 0 Å². The summed E-state index contributed by atoms with van der Waals surface area (Å²) in [4.78, 5) is -0.885. The van der Waals surface area contributed by atoms with Gasteiger partial charge in [0, 0.05) is 6.42 Å². The van der Waals surface area contributed by atoms with Gasteiger partial charge in [-0.05, 0) is 39.7 Å². The Balaban J connectivity index is 0.000000216. The first-order valence-corrected chi connectivity index (χ1v) is 19.3. The smallest absolute Gasteiger partial charge is 0.283 e. The number of sulfonamides is 2. The van der Waals surface area contributed by atoms with Gasteiger partial charge in [-0.2, -0.15) is 0 Å². The number of ether oxygens (including phenoxy) is 1. The molecule has 0 saturated carbocycles. The van der Waals surface area contributed by atoms with Crippen molar-refractivity contribution in [3.05, 3.63) is 134 Å². The van der Waals surface area contributed by atoms with Crippen LogP contribution in [0.1, 0.15) is 27.2 Å². The van der Waals surface area contributed by atoms with Crippen molar-refractivity contribution < 1.29 is 34.9 Å². The third-order valence-electron chi connectivity index (χ3n) is 7.50. The largest absolute Gasteiger partial charge is 0.490 e. The van der Waals surface area contributed by atoms with Crippen LogP contribution in [0, 0.1) is 0 Å². The molecule has 4 aromatic rings. The molecule has 5 rings (SSSR count). The first-order valence-electron chi connectivity index (χ1n) is 14.5. The number of alkyl halides is 1. The van der Waals surface area contributed by atoms with Gasteiger partial charge < -0.3 is 9.16 Å². The number of hydrogen-bond acceptors (Lipinski definition) is 6. The monoisotopic (exact) mass is 685 g/mol. The Kier molecular flexibility index (Phi) is 11.0. The predicted octanol–water partition coefficient (Wildman–Crippen LogP) is 6.15. The first-order chi connectivity index (χ1) is 21.7. The van der Waals surface area contributed by atoms with E-state index >= 15 is 0 Å². The van der Waals surface area contributed by atoms with Crippen molar-refractivity contribution in [2.45, 2.75) is 54.3 Å². The summed E-state index contributed by atoms with van der Waals surface area (Å²) in [5.74, 6) is 0.223. The zero-order valence-corrected chi connectivity index (χ0v) is 28.4. The molecule has 1 aliphatic rings. The van der Waals surface area contributed by atoms with Gasteiger partial charge in [-0.15, -0.1) is 4.48 Å². The Morgan fingerprint density at radius 2 is 1.13 bits per heavy atom. The molecule has 12 heteroatoms. The molecule has 1 fully saturated rings. The van der Waals surface area contributed by atoms with E-state index in [-0.39, 0.29) is 16.9 Å². The minimum atomic E-state index is -4.77. The summed E-state index contributed by atoms with van der Waals surface area (Å²) in [6, 6.07) is 33.9. The van der Waals surface area contributed by atoms with Crippen molar-refractivity contribution in [1.29, 1.82) is 0 Å². The normalized spacial score (nSPS) is 17.2. The predicted molar refractivity (Wildman–Crippen MR) is 177 cm³/mol. The van der Waals surface area contributed by atoms with E-state index in [1.54, 1.807) is 0 Å². The van der Waals surface area contributed by atoms with E-state index in [1.165, 1.54) is 46.8 Å². The van der Waals surface area contributed by atoms with E-state index in [0.29, 0.717) is 13.0 Å². The molecule has 0 spiro atoms. The zero-order valence-electron chi connectivity index (χ0n) is 25.8. The average Bonchev–Trinajstić information content (AvgIpc) is 3.38. The van der Waals surface area contributed by atoms with E-state index in [1.807, 2.05) is 12.1 Å². The van der Waals surface area contributed by atoms with Crippen LogP contribution in [-0.2, 0) is 29.2 Å². The molecule has 7 nitrogen and oxygen atoms in total. The molecule has 0 aliphatic carbocycles. The molecular formula is C34H37F2NO6S2Si. The maximum Gasteiger partial charge on any atom is 0.283 e. The fraction of sp³-hybridized carbons (Fsp3) is 0.235. The van der Waals surface area contributed by atoms with Crippen LogP contribution in [0.2, 0.25) is 5.04 Å². The van der Waals surface area contributed by atoms with E-state index in [0.717, 1.165) is 24.3 Å². The van der Waals surface area contributed by atoms with Crippen LogP contribution in [0.3, 0.4) is 0 Å². The molecule has 1 aliphatic heterocycles. The lowest BCUT2D eigenvalue weighted by Crippen LogP contribution is -2.67.